The van der Waals surface area contributed by atoms with Gasteiger partial charge in [-0.3, -0.25) is 9.97 Å². The second-order valence-electron chi connectivity index (χ2n) is 13.2. The summed E-state index contributed by atoms with van der Waals surface area (Å²) in [4.78, 5) is 23.5. The third-order valence-corrected chi connectivity index (χ3v) is 9.49. The van der Waals surface area contributed by atoms with E-state index < -0.39 is 0 Å². The lowest BCUT2D eigenvalue weighted by Gasteiger charge is -2.27. The average Bonchev–Trinajstić information content (AvgIpc) is 3.15. The van der Waals surface area contributed by atoms with Gasteiger partial charge >= 0.3 is 0 Å². The van der Waals surface area contributed by atoms with Crippen LogP contribution >= 0.6 is 0 Å². The molecule has 2 aliphatic rings. The predicted molar refractivity (Wildman–Crippen MR) is 196 cm³/mol. The number of rotatable bonds is 5. The largest absolute Gasteiger partial charge is 0.355 e. The molecule has 0 amide bonds. The highest BCUT2D eigenvalue weighted by molar-refractivity contribution is 5.83. The van der Waals surface area contributed by atoms with Crippen LogP contribution in [0.3, 0.4) is 0 Å². The molecule has 7 heteroatoms. The normalized spacial score (nSPS) is 15.1. The molecule has 0 bridgehead atoms. The molecule has 0 saturated carbocycles. The van der Waals surface area contributed by atoms with Crippen LogP contribution in [0, 0.1) is 5.82 Å². The van der Waals surface area contributed by atoms with Crippen LogP contribution in [0.15, 0.2) is 97.3 Å². The van der Waals surface area contributed by atoms with Crippen molar-refractivity contribution in [3.63, 3.8) is 0 Å². The van der Waals surface area contributed by atoms with Gasteiger partial charge in [0.1, 0.15) is 17.5 Å². The molecular formula is C41H43FN6. The fraction of sp³-hybridized carbons (Fsp3) is 0.317. The number of anilines is 2. The van der Waals surface area contributed by atoms with Gasteiger partial charge in [0.25, 0.3) is 0 Å². The smallest absolute Gasteiger partial charge is 0.147 e. The first-order chi connectivity index (χ1) is 23.5. The van der Waals surface area contributed by atoms with E-state index in [1.165, 1.54) is 61.3 Å². The zero-order valence-electron chi connectivity index (χ0n) is 27.9. The molecule has 0 spiro atoms. The van der Waals surface area contributed by atoms with E-state index >= 15 is 0 Å². The van der Waals surface area contributed by atoms with Crippen molar-refractivity contribution in [2.75, 3.05) is 36.0 Å². The lowest BCUT2D eigenvalue weighted by Crippen LogP contribution is -2.30. The first-order valence-corrected chi connectivity index (χ1v) is 17.4. The van der Waals surface area contributed by atoms with Crippen molar-refractivity contribution in [1.29, 1.82) is 0 Å². The van der Waals surface area contributed by atoms with Gasteiger partial charge in [-0.25, -0.2) is 14.4 Å². The van der Waals surface area contributed by atoms with E-state index in [0.717, 1.165) is 71.0 Å². The summed E-state index contributed by atoms with van der Waals surface area (Å²) in [5, 5.41) is 0. The van der Waals surface area contributed by atoms with Crippen LogP contribution in [0.1, 0.15) is 63.9 Å². The minimum Gasteiger partial charge on any atom is -0.355 e. The Kier molecular flexibility index (Phi) is 9.55. The summed E-state index contributed by atoms with van der Waals surface area (Å²) < 4.78 is 13.4. The van der Waals surface area contributed by atoms with Gasteiger partial charge in [-0.1, -0.05) is 62.4 Å². The summed E-state index contributed by atoms with van der Waals surface area (Å²) in [6, 6.07) is 27.8. The van der Waals surface area contributed by atoms with Crippen molar-refractivity contribution in [2.45, 2.75) is 58.3 Å². The lowest BCUT2D eigenvalue weighted by atomic mass is 9.98. The Balaban J connectivity index is 0.000000152. The second-order valence-corrected chi connectivity index (χ2v) is 13.2. The van der Waals surface area contributed by atoms with E-state index in [1.807, 2.05) is 36.7 Å². The molecule has 0 unspecified atom stereocenters. The minimum atomic E-state index is -0.226. The number of halogens is 1. The van der Waals surface area contributed by atoms with Crippen LogP contribution in [-0.2, 0) is 0 Å². The minimum absolute atomic E-state index is 0.226. The third-order valence-electron chi connectivity index (χ3n) is 9.49. The van der Waals surface area contributed by atoms with E-state index in [4.69, 9.17) is 9.97 Å². The molecule has 4 aromatic carbocycles. The Morgan fingerprint density at radius 3 is 1.50 bits per heavy atom. The molecule has 6 nitrogen and oxygen atoms in total. The Labute approximate surface area is 282 Å². The zero-order chi connectivity index (χ0) is 32.9. The Morgan fingerprint density at radius 1 is 0.521 bits per heavy atom. The molecule has 4 heterocycles. The van der Waals surface area contributed by atoms with Crippen molar-refractivity contribution in [3.05, 3.63) is 109 Å². The van der Waals surface area contributed by atoms with E-state index in [1.54, 1.807) is 12.1 Å². The molecule has 8 rings (SSSR count). The maximum atomic E-state index is 13.4. The van der Waals surface area contributed by atoms with E-state index in [-0.39, 0.29) is 5.82 Å². The molecule has 0 aliphatic carbocycles. The first kappa shape index (κ1) is 31.7. The molecular weight excluding hydrogens is 595 g/mol. The van der Waals surface area contributed by atoms with Crippen molar-refractivity contribution in [2.24, 2.45) is 0 Å². The zero-order valence-corrected chi connectivity index (χ0v) is 27.9. The SMILES string of the molecule is CC(C)c1ccc(-c2ccc3ncc(N4CCCCC4)nc3c2)cc1.Fc1cccc(-c2ccc3ncc(N4CCCCC4)nc3c2)c1. The van der Waals surface area contributed by atoms with E-state index in [2.05, 4.69) is 76.1 Å². The van der Waals surface area contributed by atoms with Crippen LogP contribution in [0.5, 0.6) is 0 Å². The molecule has 0 radical (unpaired) electrons. The summed E-state index contributed by atoms with van der Waals surface area (Å²) in [5.74, 6) is 2.28. The monoisotopic (exact) mass is 638 g/mol. The molecule has 2 fully saturated rings. The van der Waals surface area contributed by atoms with Gasteiger partial charge in [0.05, 0.1) is 34.5 Å². The van der Waals surface area contributed by atoms with Gasteiger partial charge < -0.3 is 9.80 Å². The van der Waals surface area contributed by atoms with Crippen LogP contribution in [-0.4, -0.2) is 46.1 Å². The summed E-state index contributed by atoms with van der Waals surface area (Å²) in [7, 11) is 0. The van der Waals surface area contributed by atoms with Crippen molar-refractivity contribution in [1.82, 2.24) is 19.9 Å². The Bertz CT molecular complexity index is 2000. The Morgan fingerprint density at radius 2 is 1.00 bits per heavy atom. The summed E-state index contributed by atoms with van der Waals surface area (Å²) >= 11 is 0. The standard InChI is InChI=1S/C22H25N3.C19H18FN3/c1-16(2)17-6-8-18(9-7-17)19-10-11-20-21(14-19)24-22(15-23-20)25-12-4-3-5-13-25;20-16-6-4-5-14(11-16)15-7-8-17-18(12-15)22-19(13-21-17)23-9-2-1-3-10-23/h6-11,14-16H,3-5,12-13H2,1-2H3;4-8,11-13H,1-3,9-10H2. The fourth-order valence-electron chi connectivity index (χ4n) is 6.64. The maximum absolute atomic E-state index is 13.4. The molecule has 48 heavy (non-hydrogen) atoms. The average molecular weight is 639 g/mol. The molecule has 2 saturated heterocycles. The van der Waals surface area contributed by atoms with Crippen LogP contribution in [0.2, 0.25) is 0 Å². The highest BCUT2D eigenvalue weighted by Gasteiger charge is 2.15. The van der Waals surface area contributed by atoms with Crippen molar-refractivity contribution >= 4 is 33.7 Å². The van der Waals surface area contributed by atoms with Crippen LogP contribution < -0.4 is 9.80 Å². The van der Waals surface area contributed by atoms with Gasteiger partial charge in [0.2, 0.25) is 0 Å². The maximum Gasteiger partial charge on any atom is 0.147 e. The molecule has 2 aromatic heterocycles. The summed E-state index contributed by atoms with van der Waals surface area (Å²) in [6.07, 6.45) is 11.3. The van der Waals surface area contributed by atoms with Crippen molar-refractivity contribution in [3.8, 4) is 22.3 Å². The first-order valence-electron chi connectivity index (χ1n) is 17.4. The second kappa shape index (κ2) is 14.5. The quantitative estimate of drug-likeness (QED) is 0.187. The molecule has 0 N–H and O–H groups in total. The van der Waals surface area contributed by atoms with Crippen LogP contribution in [0.4, 0.5) is 16.0 Å². The molecule has 2 aliphatic heterocycles. The highest BCUT2D eigenvalue weighted by Crippen LogP contribution is 2.28. The van der Waals surface area contributed by atoms with E-state index in [9.17, 15) is 4.39 Å². The third kappa shape index (κ3) is 7.30. The number of hydrogen-bond donors (Lipinski definition) is 0. The highest BCUT2D eigenvalue weighted by atomic mass is 19.1. The van der Waals surface area contributed by atoms with E-state index in [0.29, 0.717) is 5.92 Å². The van der Waals surface area contributed by atoms with Gasteiger partial charge in [0, 0.05) is 26.2 Å². The Hall–Kier alpha value is -4.91. The number of nitrogens with zero attached hydrogens (tertiary/aromatic N) is 6. The number of hydrogen-bond acceptors (Lipinski definition) is 6. The topological polar surface area (TPSA) is 58.0 Å². The summed E-state index contributed by atoms with van der Waals surface area (Å²) in [6.45, 7) is 8.73. The number of aromatic nitrogens is 4. The number of benzene rings is 4. The molecule has 6 aromatic rings. The predicted octanol–water partition coefficient (Wildman–Crippen LogP) is 9.84. The van der Waals surface area contributed by atoms with Crippen molar-refractivity contribution < 1.29 is 4.39 Å². The molecule has 244 valence electrons. The number of fused-ring (bicyclic) bond motifs is 2. The fourth-order valence-corrected chi connectivity index (χ4v) is 6.64. The van der Waals surface area contributed by atoms with Gasteiger partial charge in [-0.2, -0.15) is 0 Å². The van der Waals surface area contributed by atoms with Gasteiger partial charge in [0.15, 0.2) is 0 Å². The lowest BCUT2D eigenvalue weighted by molar-refractivity contribution is 0.573. The van der Waals surface area contributed by atoms with Gasteiger partial charge in [-0.15, -0.1) is 0 Å². The molecule has 0 atom stereocenters. The van der Waals surface area contributed by atoms with Gasteiger partial charge in [-0.05, 0) is 109 Å². The van der Waals surface area contributed by atoms with Crippen LogP contribution in [0.25, 0.3) is 44.3 Å². The summed E-state index contributed by atoms with van der Waals surface area (Å²) in [5.41, 5.74) is 9.29. The number of piperidine rings is 2.